The van der Waals surface area contributed by atoms with E-state index in [2.05, 4.69) is 10.6 Å². The Morgan fingerprint density at radius 3 is 2.20 bits per heavy atom. The van der Waals surface area contributed by atoms with E-state index in [0.717, 1.165) is 11.3 Å². The Kier molecular flexibility index (Phi) is 5.99. The van der Waals surface area contributed by atoms with Crippen molar-refractivity contribution in [3.05, 3.63) is 29.8 Å². The minimum absolute atomic E-state index is 0.169. The molecule has 6 nitrogen and oxygen atoms in total. The van der Waals surface area contributed by atoms with Crippen molar-refractivity contribution >= 4 is 17.6 Å². The molecule has 6 heteroatoms. The number of urea groups is 1. The molecule has 0 heterocycles. The van der Waals surface area contributed by atoms with E-state index in [1.807, 2.05) is 55.2 Å². The van der Waals surface area contributed by atoms with E-state index in [9.17, 15) is 9.59 Å². The Morgan fingerprint density at radius 1 is 1.10 bits per heavy atom. The first-order chi connectivity index (χ1) is 9.42. The van der Waals surface area contributed by atoms with Crippen LogP contribution in [0.2, 0.25) is 0 Å². The molecule has 0 atom stereocenters. The predicted molar refractivity (Wildman–Crippen MR) is 79.7 cm³/mol. The summed E-state index contributed by atoms with van der Waals surface area (Å²) in [5, 5.41) is 4.57. The third-order valence-electron chi connectivity index (χ3n) is 2.80. The molecular weight excluding hydrogens is 256 g/mol. The van der Waals surface area contributed by atoms with Crippen molar-refractivity contribution in [2.24, 2.45) is 0 Å². The first kappa shape index (κ1) is 16.0. The number of likely N-dealkylation sites (N-methyl/N-ethyl adjacent to an activating group) is 1. The van der Waals surface area contributed by atoms with Gasteiger partial charge in [-0.3, -0.25) is 15.0 Å². The highest BCUT2D eigenvalue weighted by molar-refractivity contribution is 5.95. The molecular formula is C14H22N4O2. The average molecular weight is 278 g/mol. The van der Waals surface area contributed by atoms with Crippen molar-refractivity contribution in [2.45, 2.75) is 6.54 Å². The van der Waals surface area contributed by atoms with Gasteiger partial charge in [0.2, 0.25) is 5.91 Å². The number of nitrogens with zero attached hydrogens (tertiary/aromatic N) is 2. The van der Waals surface area contributed by atoms with Crippen LogP contribution in [0.3, 0.4) is 0 Å². The van der Waals surface area contributed by atoms with Crippen molar-refractivity contribution in [1.82, 2.24) is 15.5 Å². The maximum Gasteiger partial charge on any atom is 0.321 e. The van der Waals surface area contributed by atoms with Crippen LogP contribution in [-0.2, 0) is 11.3 Å². The fraction of sp³-hybridized carbons (Fsp3) is 0.429. The van der Waals surface area contributed by atoms with Gasteiger partial charge in [-0.05, 0) is 24.7 Å². The highest BCUT2D eigenvalue weighted by Crippen LogP contribution is 2.13. The van der Waals surface area contributed by atoms with E-state index < -0.39 is 6.03 Å². The monoisotopic (exact) mass is 278 g/mol. The fourth-order valence-electron chi connectivity index (χ4n) is 1.74. The zero-order valence-electron chi connectivity index (χ0n) is 12.4. The normalized spacial score (nSPS) is 10.2. The van der Waals surface area contributed by atoms with Gasteiger partial charge in [0, 0.05) is 33.4 Å². The quantitative estimate of drug-likeness (QED) is 0.829. The van der Waals surface area contributed by atoms with Crippen molar-refractivity contribution in [3.8, 4) is 0 Å². The highest BCUT2D eigenvalue weighted by atomic mass is 16.2. The lowest BCUT2D eigenvalue weighted by atomic mass is 10.2. The second kappa shape index (κ2) is 7.49. The summed E-state index contributed by atoms with van der Waals surface area (Å²) >= 11 is 0. The van der Waals surface area contributed by atoms with Gasteiger partial charge in [0.25, 0.3) is 0 Å². The number of amides is 3. The molecule has 0 spiro atoms. The maximum absolute atomic E-state index is 11.5. The van der Waals surface area contributed by atoms with Crippen molar-refractivity contribution in [2.75, 3.05) is 39.6 Å². The lowest BCUT2D eigenvalue weighted by Gasteiger charge is -2.17. The number of rotatable bonds is 5. The van der Waals surface area contributed by atoms with Crippen LogP contribution in [0.1, 0.15) is 5.56 Å². The van der Waals surface area contributed by atoms with Crippen LogP contribution in [0.15, 0.2) is 24.3 Å². The third kappa shape index (κ3) is 5.27. The minimum atomic E-state index is -0.487. The van der Waals surface area contributed by atoms with E-state index in [1.54, 1.807) is 0 Å². The van der Waals surface area contributed by atoms with Crippen LogP contribution in [-0.4, -0.2) is 51.6 Å². The number of carbonyl (C=O) groups excluding carboxylic acids is 2. The molecule has 1 rings (SSSR count). The zero-order valence-corrected chi connectivity index (χ0v) is 12.4. The van der Waals surface area contributed by atoms with E-state index in [4.69, 9.17) is 0 Å². The van der Waals surface area contributed by atoms with Gasteiger partial charge < -0.3 is 10.2 Å². The number of anilines is 1. The summed E-state index contributed by atoms with van der Waals surface area (Å²) in [5.74, 6) is -0.322. The lowest BCUT2D eigenvalue weighted by Crippen LogP contribution is -2.42. The molecule has 0 aliphatic heterocycles. The standard InChI is InChI=1S/C14H22N4O2/c1-15-14(20)16-13(19)10-18(4)9-11-5-7-12(8-6-11)17(2)3/h5-8H,9-10H2,1-4H3,(H2,15,16,19,20). The number of nitrogens with one attached hydrogen (secondary N) is 2. The van der Waals surface area contributed by atoms with Crippen molar-refractivity contribution in [1.29, 1.82) is 0 Å². The SMILES string of the molecule is CNC(=O)NC(=O)CN(C)Cc1ccc(N(C)C)cc1. The summed E-state index contributed by atoms with van der Waals surface area (Å²) in [6.07, 6.45) is 0. The Morgan fingerprint density at radius 2 is 1.70 bits per heavy atom. The maximum atomic E-state index is 11.5. The largest absolute Gasteiger partial charge is 0.378 e. The summed E-state index contributed by atoms with van der Waals surface area (Å²) in [4.78, 5) is 26.4. The molecule has 20 heavy (non-hydrogen) atoms. The second-order valence-electron chi connectivity index (χ2n) is 4.86. The number of hydrogen-bond acceptors (Lipinski definition) is 4. The summed E-state index contributed by atoms with van der Waals surface area (Å²) < 4.78 is 0. The van der Waals surface area contributed by atoms with Crippen LogP contribution >= 0.6 is 0 Å². The minimum Gasteiger partial charge on any atom is -0.378 e. The van der Waals surface area contributed by atoms with E-state index in [0.29, 0.717) is 6.54 Å². The summed E-state index contributed by atoms with van der Waals surface area (Å²) in [6.45, 7) is 0.817. The molecule has 0 saturated heterocycles. The molecule has 0 aliphatic rings. The van der Waals surface area contributed by atoms with Gasteiger partial charge in [0.05, 0.1) is 6.54 Å². The first-order valence-corrected chi connectivity index (χ1v) is 6.38. The van der Waals surface area contributed by atoms with Gasteiger partial charge >= 0.3 is 6.03 Å². The summed E-state index contributed by atoms with van der Waals surface area (Å²) in [5.41, 5.74) is 2.25. The van der Waals surface area contributed by atoms with Crippen LogP contribution in [0.4, 0.5) is 10.5 Å². The van der Waals surface area contributed by atoms with Crippen LogP contribution in [0.25, 0.3) is 0 Å². The molecule has 2 N–H and O–H groups in total. The van der Waals surface area contributed by atoms with E-state index >= 15 is 0 Å². The third-order valence-corrected chi connectivity index (χ3v) is 2.80. The Balaban J connectivity index is 2.47. The number of hydrogen-bond donors (Lipinski definition) is 2. The number of carbonyl (C=O) groups is 2. The molecule has 1 aromatic rings. The Hall–Kier alpha value is -2.08. The second-order valence-corrected chi connectivity index (χ2v) is 4.86. The van der Waals surface area contributed by atoms with Gasteiger partial charge in [0.1, 0.15) is 0 Å². The molecule has 0 radical (unpaired) electrons. The predicted octanol–water partition coefficient (Wildman–Crippen LogP) is 0.640. The molecule has 0 fully saturated rings. The summed E-state index contributed by atoms with van der Waals surface area (Å²) in [7, 11) is 7.29. The number of imide groups is 1. The van der Waals surface area contributed by atoms with Gasteiger partial charge in [-0.15, -0.1) is 0 Å². The molecule has 110 valence electrons. The average Bonchev–Trinajstić information content (AvgIpc) is 2.38. The van der Waals surface area contributed by atoms with Crippen molar-refractivity contribution in [3.63, 3.8) is 0 Å². The van der Waals surface area contributed by atoms with Gasteiger partial charge in [-0.2, -0.15) is 0 Å². The van der Waals surface area contributed by atoms with Crippen molar-refractivity contribution < 1.29 is 9.59 Å². The summed E-state index contributed by atoms with van der Waals surface area (Å²) in [6, 6.07) is 7.64. The first-order valence-electron chi connectivity index (χ1n) is 6.38. The molecule has 3 amide bonds. The highest BCUT2D eigenvalue weighted by Gasteiger charge is 2.09. The van der Waals surface area contributed by atoms with E-state index in [-0.39, 0.29) is 12.5 Å². The van der Waals surface area contributed by atoms with E-state index in [1.165, 1.54) is 7.05 Å². The molecule has 0 aromatic heterocycles. The fourth-order valence-corrected chi connectivity index (χ4v) is 1.74. The Labute approximate surface area is 119 Å². The molecule has 1 aromatic carbocycles. The topological polar surface area (TPSA) is 64.7 Å². The lowest BCUT2D eigenvalue weighted by molar-refractivity contribution is -0.120. The van der Waals surface area contributed by atoms with Crippen LogP contribution < -0.4 is 15.5 Å². The zero-order chi connectivity index (χ0) is 15.1. The van der Waals surface area contributed by atoms with Crippen LogP contribution in [0.5, 0.6) is 0 Å². The Bertz CT molecular complexity index is 457. The molecule has 0 saturated carbocycles. The smallest absolute Gasteiger partial charge is 0.321 e. The number of benzene rings is 1. The van der Waals surface area contributed by atoms with Gasteiger partial charge in [-0.1, -0.05) is 12.1 Å². The van der Waals surface area contributed by atoms with Gasteiger partial charge in [0.15, 0.2) is 0 Å². The molecule has 0 bridgehead atoms. The van der Waals surface area contributed by atoms with Crippen LogP contribution in [0, 0.1) is 0 Å². The molecule has 0 aliphatic carbocycles. The van der Waals surface area contributed by atoms with Gasteiger partial charge in [-0.25, -0.2) is 4.79 Å². The molecule has 0 unspecified atom stereocenters.